The van der Waals surface area contributed by atoms with E-state index in [9.17, 15) is 19.8 Å². The number of rotatable bonds is 8. The van der Waals surface area contributed by atoms with Gasteiger partial charge in [0.15, 0.2) is 17.7 Å². The third-order valence-electron chi connectivity index (χ3n) is 4.77. The number of ether oxygens (including phenoxy) is 3. The fraction of sp³-hybridized carbons (Fsp3) is 0.273. The van der Waals surface area contributed by atoms with Crippen molar-refractivity contribution in [1.29, 1.82) is 0 Å². The Balaban J connectivity index is 1.89. The Kier molecular flexibility index (Phi) is 6.78. The Morgan fingerprint density at radius 3 is 2.58 bits per heavy atom. The molecule has 31 heavy (non-hydrogen) atoms. The highest BCUT2D eigenvalue weighted by Gasteiger charge is 2.26. The molecule has 1 amide bonds. The van der Waals surface area contributed by atoms with Crippen LogP contribution >= 0.6 is 0 Å². The molecule has 2 aromatic rings. The van der Waals surface area contributed by atoms with Crippen molar-refractivity contribution >= 4 is 29.3 Å². The van der Waals surface area contributed by atoms with Crippen LogP contribution in [-0.4, -0.2) is 55.8 Å². The first-order valence-electron chi connectivity index (χ1n) is 9.49. The van der Waals surface area contributed by atoms with Gasteiger partial charge < -0.3 is 35.1 Å². The standard InChI is InChI=1S/C22H24N2O7/c1-12-4-5-13(22(27)28)9-16(12)23-20(25)15-8-14-10-19(31-7-6-29-2)18(30-3)11-17(14)24-21(15)26/h4-5,8-11,21,24,26H,6-7H2,1-3H3,(H,23,25)(H,27,28). The van der Waals surface area contributed by atoms with Crippen LogP contribution in [0, 0.1) is 6.92 Å². The molecule has 0 saturated carbocycles. The fourth-order valence-electron chi connectivity index (χ4n) is 3.07. The minimum atomic E-state index is -1.26. The summed E-state index contributed by atoms with van der Waals surface area (Å²) in [5.74, 6) is -0.721. The summed E-state index contributed by atoms with van der Waals surface area (Å²) in [7, 11) is 3.08. The number of carboxylic acid groups (broad SMARTS) is 1. The van der Waals surface area contributed by atoms with E-state index in [2.05, 4.69) is 10.6 Å². The maximum atomic E-state index is 12.8. The number of carbonyl (C=O) groups excluding carboxylic acids is 1. The van der Waals surface area contributed by atoms with Crippen molar-refractivity contribution in [3.63, 3.8) is 0 Å². The summed E-state index contributed by atoms with van der Waals surface area (Å²) in [6.07, 6.45) is 0.283. The van der Waals surface area contributed by atoms with Gasteiger partial charge >= 0.3 is 5.97 Å². The minimum absolute atomic E-state index is 0.0486. The molecular weight excluding hydrogens is 404 g/mol. The predicted octanol–water partition coefficient (Wildman–Crippen LogP) is 2.49. The zero-order chi connectivity index (χ0) is 22.5. The number of carboxylic acids is 1. The molecule has 164 valence electrons. The summed E-state index contributed by atoms with van der Waals surface area (Å²) in [6.45, 7) is 2.46. The number of methoxy groups -OCH3 is 2. The van der Waals surface area contributed by atoms with Gasteiger partial charge in [0, 0.05) is 30.1 Å². The summed E-state index contributed by atoms with van der Waals surface area (Å²) in [5.41, 5.74) is 2.36. The average Bonchev–Trinajstić information content (AvgIpc) is 2.74. The fourth-order valence-corrected chi connectivity index (χ4v) is 3.07. The van der Waals surface area contributed by atoms with E-state index in [0.717, 1.165) is 0 Å². The second kappa shape index (κ2) is 9.50. The van der Waals surface area contributed by atoms with E-state index in [4.69, 9.17) is 14.2 Å². The van der Waals surface area contributed by atoms with Crippen molar-refractivity contribution < 1.29 is 34.0 Å². The first-order valence-corrected chi connectivity index (χ1v) is 9.49. The number of anilines is 2. The monoisotopic (exact) mass is 428 g/mol. The second-order valence-electron chi connectivity index (χ2n) is 6.87. The lowest BCUT2D eigenvalue weighted by Gasteiger charge is -2.25. The Morgan fingerprint density at radius 1 is 1.13 bits per heavy atom. The lowest BCUT2D eigenvalue weighted by atomic mass is 10.0. The Hall–Kier alpha value is -3.56. The first-order chi connectivity index (χ1) is 14.8. The highest BCUT2D eigenvalue weighted by molar-refractivity contribution is 6.09. The lowest BCUT2D eigenvalue weighted by molar-refractivity contribution is -0.113. The van der Waals surface area contributed by atoms with Crippen LogP contribution in [0.1, 0.15) is 21.5 Å². The maximum Gasteiger partial charge on any atom is 0.335 e. The highest BCUT2D eigenvalue weighted by atomic mass is 16.5. The maximum absolute atomic E-state index is 12.8. The predicted molar refractivity (Wildman–Crippen MR) is 115 cm³/mol. The molecule has 4 N–H and O–H groups in total. The molecule has 1 heterocycles. The molecule has 0 spiro atoms. The SMILES string of the molecule is COCCOc1cc2c(cc1OC)NC(O)C(C(=O)Nc1cc(C(=O)O)ccc1C)=C2. The number of nitrogens with one attached hydrogen (secondary N) is 2. The number of aryl methyl sites for hydroxylation is 1. The molecule has 0 radical (unpaired) electrons. The third kappa shape index (κ3) is 4.96. The molecule has 0 saturated heterocycles. The van der Waals surface area contributed by atoms with Crippen LogP contribution in [-0.2, 0) is 9.53 Å². The molecule has 0 bridgehead atoms. The molecule has 0 fully saturated rings. The highest BCUT2D eigenvalue weighted by Crippen LogP contribution is 2.37. The lowest BCUT2D eigenvalue weighted by Crippen LogP contribution is -2.32. The zero-order valence-corrected chi connectivity index (χ0v) is 17.4. The minimum Gasteiger partial charge on any atom is -0.493 e. The van der Waals surface area contributed by atoms with Gasteiger partial charge in [0.2, 0.25) is 0 Å². The van der Waals surface area contributed by atoms with Gasteiger partial charge in [0.05, 0.1) is 24.9 Å². The van der Waals surface area contributed by atoms with Crippen LogP contribution in [0.3, 0.4) is 0 Å². The van der Waals surface area contributed by atoms with E-state index in [1.165, 1.54) is 19.2 Å². The van der Waals surface area contributed by atoms with E-state index in [-0.39, 0.29) is 11.1 Å². The van der Waals surface area contributed by atoms with Crippen LogP contribution in [0.4, 0.5) is 11.4 Å². The van der Waals surface area contributed by atoms with Crippen molar-refractivity contribution in [2.45, 2.75) is 13.2 Å². The van der Waals surface area contributed by atoms with E-state index in [1.54, 1.807) is 38.3 Å². The van der Waals surface area contributed by atoms with Crippen molar-refractivity contribution in [2.24, 2.45) is 0 Å². The quantitative estimate of drug-likeness (QED) is 0.473. The number of hydrogen-bond donors (Lipinski definition) is 4. The number of carbonyl (C=O) groups is 2. The molecule has 9 nitrogen and oxygen atoms in total. The van der Waals surface area contributed by atoms with Gasteiger partial charge in [-0.15, -0.1) is 0 Å². The summed E-state index contributed by atoms with van der Waals surface area (Å²) < 4.78 is 16.0. The molecular formula is C22H24N2O7. The molecule has 1 atom stereocenters. The van der Waals surface area contributed by atoms with Gasteiger partial charge in [0.25, 0.3) is 5.91 Å². The number of amides is 1. The topological polar surface area (TPSA) is 126 Å². The van der Waals surface area contributed by atoms with Gasteiger partial charge in [-0.3, -0.25) is 4.79 Å². The van der Waals surface area contributed by atoms with Crippen LogP contribution in [0.25, 0.3) is 6.08 Å². The molecule has 1 unspecified atom stereocenters. The molecule has 1 aliphatic rings. The molecule has 1 aliphatic heterocycles. The van der Waals surface area contributed by atoms with Gasteiger partial charge in [-0.2, -0.15) is 0 Å². The molecule has 3 rings (SSSR count). The van der Waals surface area contributed by atoms with E-state index in [1.807, 2.05) is 0 Å². The molecule has 2 aromatic carbocycles. The molecule has 9 heteroatoms. The first kappa shape index (κ1) is 22.1. The number of aliphatic hydroxyl groups excluding tert-OH is 1. The van der Waals surface area contributed by atoms with Gasteiger partial charge in [-0.05, 0) is 36.8 Å². The van der Waals surface area contributed by atoms with E-state index < -0.39 is 18.1 Å². The number of fused-ring (bicyclic) bond motifs is 1. The molecule has 0 aliphatic carbocycles. The normalized spacial score (nSPS) is 14.7. The number of benzene rings is 2. The molecule has 0 aromatic heterocycles. The number of aromatic carboxylic acids is 1. The summed E-state index contributed by atoms with van der Waals surface area (Å²) in [6, 6.07) is 7.81. The van der Waals surface area contributed by atoms with Crippen LogP contribution in [0.2, 0.25) is 0 Å². The Morgan fingerprint density at radius 2 is 1.90 bits per heavy atom. The van der Waals surface area contributed by atoms with E-state index in [0.29, 0.717) is 47.2 Å². The second-order valence-corrected chi connectivity index (χ2v) is 6.87. The van der Waals surface area contributed by atoms with Crippen molar-refractivity contribution in [3.8, 4) is 11.5 Å². The van der Waals surface area contributed by atoms with Crippen molar-refractivity contribution in [1.82, 2.24) is 0 Å². The Labute approximate surface area is 179 Å². The summed E-state index contributed by atoms with van der Waals surface area (Å²) >= 11 is 0. The van der Waals surface area contributed by atoms with Gasteiger partial charge in [-0.25, -0.2) is 4.79 Å². The van der Waals surface area contributed by atoms with Crippen molar-refractivity contribution in [2.75, 3.05) is 38.1 Å². The van der Waals surface area contributed by atoms with Gasteiger partial charge in [-0.1, -0.05) is 6.07 Å². The van der Waals surface area contributed by atoms with Crippen LogP contribution < -0.4 is 20.1 Å². The average molecular weight is 428 g/mol. The largest absolute Gasteiger partial charge is 0.493 e. The Bertz CT molecular complexity index is 1030. The van der Waals surface area contributed by atoms with Crippen LogP contribution in [0.5, 0.6) is 11.5 Å². The van der Waals surface area contributed by atoms with Gasteiger partial charge in [0.1, 0.15) is 6.61 Å². The summed E-state index contributed by atoms with van der Waals surface area (Å²) in [4.78, 5) is 24.1. The number of aliphatic hydroxyl groups is 1. The smallest absolute Gasteiger partial charge is 0.335 e. The van der Waals surface area contributed by atoms with E-state index >= 15 is 0 Å². The summed E-state index contributed by atoms with van der Waals surface area (Å²) in [5, 5.41) is 25.2. The third-order valence-corrected chi connectivity index (χ3v) is 4.77. The number of hydrogen-bond acceptors (Lipinski definition) is 7. The zero-order valence-electron chi connectivity index (χ0n) is 17.4. The van der Waals surface area contributed by atoms with Crippen molar-refractivity contribution in [3.05, 3.63) is 52.6 Å². The van der Waals surface area contributed by atoms with Crippen LogP contribution in [0.15, 0.2) is 35.9 Å².